The van der Waals surface area contributed by atoms with Crippen molar-refractivity contribution in [3.05, 3.63) is 58.5 Å². The average Bonchev–Trinajstić information content (AvgIpc) is 2.41. The number of rotatable bonds is 1. The predicted molar refractivity (Wildman–Crippen MR) is 75.0 cm³/mol. The number of halogens is 3. The molecule has 0 saturated carbocycles. The van der Waals surface area contributed by atoms with Gasteiger partial charge in [0.1, 0.15) is 11.5 Å². The lowest BCUT2D eigenvalue weighted by molar-refractivity contribution is 0.630. The molecular weight excluding hydrogens is 286 g/mol. The van der Waals surface area contributed by atoms with Crippen molar-refractivity contribution in [1.82, 2.24) is 10.2 Å². The molecule has 0 saturated heterocycles. The van der Waals surface area contributed by atoms with Crippen LogP contribution in [0.1, 0.15) is 0 Å². The highest BCUT2D eigenvalue weighted by Gasteiger charge is 2.13. The number of fused-ring (bicyclic) bond motifs is 1. The second-order valence-electron chi connectivity index (χ2n) is 4.01. The molecule has 19 heavy (non-hydrogen) atoms. The van der Waals surface area contributed by atoms with Crippen LogP contribution in [-0.4, -0.2) is 10.2 Å². The van der Waals surface area contributed by atoms with Gasteiger partial charge in [-0.2, -0.15) is 0 Å². The highest BCUT2D eigenvalue weighted by atomic mass is 35.5. The van der Waals surface area contributed by atoms with Crippen LogP contribution in [0.2, 0.25) is 10.2 Å². The van der Waals surface area contributed by atoms with E-state index < -0.39 is 5.82 Å². The van der Waals surface area contributed by atoms with Crippen LogP contribution in [0.25, 0.3) is 22.0 Å². The Morgan fingerprint density at radius 1 is 0.895 bits per heavy atom. The number of benzene rings is 2. The summed E-state index contributed by atoms with van der Waals surface area (Å²) in [4.78, 5) is 0. The van der Waals surface area contributed by atoms with Crippen molar-refractivity contribution in [2.24, 2.45) is 0 Å². The number of hydrogen-bond acceptors (Lipinski definition) is 2. The molecule has 0 bridgehead atoms. The van der Waals surface area contributed by atoms with E-state index in [1.54, 1.807) is 12.1 Å². The van der Waals surface area contributed by atoms with Gasteiger partial charge in [0.05, 0.1) is 0 Å². The number of hydrogen-bond donors (Lipinski definition) is 0. The van der Waals surface area contributed by atoms with E-state index in [0.717, 1.165) is 10.8 Å². The quantitative estimate of drug-likeness (QED) is 0.647. The van der Waals surface area contributed by atoms with E-state index >= 15 is 0 Å². The van der Waals surface area contributed by atoms with Crippen LogP contribution in [0.15, 0.2) is 42.5 Å². The molecule has 94 valence electrons. The molecule has 3 rings (SSSR count). The summed E-state index contributed by atoms with van der Waals surface area (Å²) < 4.78 is 14.0. The number of aromatic nitrogens is 2. The first kappa shape index (κ1) is 12.3. The first-order valence-corrected chi connectivity index (χ1v) is 6.29. The van der Waals surface area contributed by atoms with Gasteiger partial charge in [-0.15, -0.1) is 10.2 Å². The minimum Gasteiger partial charge on any atom is -0.206 e. The average molecular weight is 293 g/mol. The van der Waals surface area contributed by atoms with E-state index in [1.165, 1.54) is 6.07 Å². The highest BCUT2D eigenvalue weighted by molar-refractivity contribution is 6.34. The molecule has 0 fully saturated rings. The Balaban J connectivity index is 2.34. The summed E-state index contributed by atoms with van der Waals surface area (Å²) in [5, 5.41) is 10.00. The molecule has 0 atom stereocenters. The summed E-state index contributed by atoms with van der Waals surface area (Å²) in [5.41, 5.74) is 0.805. The topological polar surface area (TPSA) is 25.8 Å². The zero-order valence-corrected chi connectivity index (χ0v) is 11.1. The van der Waals surface area contributed by atoms with Crippen molar-refractivity contribution in [3.63, 3.8) is 0 Å². The van der Waals surface area contributed by atoms with Crippen LogP contribution < -0.4 is 0 Å². The van der Waals surface area contributed by atoms with Gasteiger partial charge >= 0.3 is 0 Å². The molecule has 0 aliphatic heterocycles. The second-order valence-corrected chi connectivity index (χ2v) is 4.80. The van der Waals surface area contributed by atoms with Gasteiger partial charge in [-0.1, -0.05) is 47.5 Å². The Hall–Kier alpha value is -1.71. The third-order valence-electron chi connectivity index (χ3n) is 2.83. The van der Waals surface area contributed by atoms with Crippen LogP contribution in [0.3, 0.4) is 0 Å². The normalized spacial score (nSPS) is 10.9. The predicted octanol–water partition coefficient (Wildman–Crippen LogP) is 4.74. The van der Waals surface area contributed by atoms with Crippen LogP contribution in [0.5, 0.6) is 0 Å². The van der Waals surface area contributed by atoms with Gasteiger partial charge in [-0.05, 0) is 18.2 Å². The molecule has 1 aromatic heterocycles. The number of nitrogens with zero attached hydrogens (tertiary/aromatic N) is 2. The molecule has 0 spiro atoms. The van der Waals surface area contributed by atoms with Crippen LogP contribution in [0, 0.1) is 5.82 Å². The van der Waals surface area contributed by atoms with E-state index in [1.807, 2.05) is 24.3 Å². The molecule has 5 heteroatoms. The highest BCUT2D eigenvalue weighted by Crippen LogP contribution is 2.31. The van der Waals surface area contributed by atoms with Gasteiger partial charge < -0.3 is 0 Å². The molecular formula is C14H7Cl2FN2. The van der Waals surface area contributed by atoms with Crippen molar-refractivity contribution in [2.75, 3.05) is 0 Å². The maximum Gasteiger partial charge on any atom is 0.159 e. The van der Waals surface area contributed by atoms with E-state index in [-0.39, 0.29) is 0 Å². The summed E-state index contributed by atoms with van der Waals surface area (Å²) in [6.07, 6.45) is 0. The summed E-state index contributed by atoms with van der Waals surface area (Å²) in [6.45, 7) is 0. The Morgan fingerprint density at radius 2 is 1.63 bits per heavy atom. The monoisotopic (exact) mass is 292 g/mol. The van der Waals surface area contributed by atoms with E-state index in [9.17, 15) is 4.39 Å². The molecule has 0 aliphatic carbocycles. The fourth-order valence-electron chi connectivity index (χ4n) is 1.95. The maximum atomic E-state index is 14.0. The van der Waals surface area contributed by atoms with E-state index in [0.29, 0.717) is 21.4 Å². The lowest BCUT2D eigenvalue weighted by Gasteiger charge is -2.07. The summed E-state index contributed by atoms with van der Waals surface area (Å²) in [6, 6.07) is 11.8. The Labute approximate surface area is 118 Å². The third kappa shape index (κ3) is 2.15. The minimum atomic E-state index is -0.436. The molecule has 0 radical (unpaired) electrons. The van der Waals surface area contributed by atoms with Gasteiger partial charge in [-0.3, -0.25) is 0 Å². The van der Waals surface area contributed by atoms with Gasteiger partial charge in [0, 0.05) is 21.4 Å². The van der Waals surface area contributed by atoms with Gasteiger partial charge in [0.2, 0.25) is 0 Å². The van der Waals surface area contributed by atoms with Gasteiger partial charge in [-0.25, -0.2) is 4.39 Å². The van der Waals surface area contributed by atoms with Crippen molar-refractivity contribution >= 4 is 34.0 Å². The van der Waals surface area contributed by atoms with Crippen molar-refractivity contribution < 1.29 is 4.39 Å². The van der Waals surface area contributed by atoms with Crippen LogP contribution in [-0.2, 0) is 0 Å². The summed E-state index contributed by atoms with van der Waals surface area (Å²) in [7, 11) is 0. The van der Waals surface area contributed by atoms with Crippen LogP contribution >= 0.6 is 23.2 Å². The molecule has 0 N–H and O–H groups in total. The van der Waals surface area contributed by atoms with E-state index in [4.69, 9.17) is 23.2 Å². The van der Waals surface area contributed by atoms with Gasteiger partial charge in [0.15, 0.2) is 5.15 Å². The molecule has 1 heterocycles. The third-order valence-corrected chi connectivity index (χ3v) is 3.34. The van der Waals surface area contributed by atoms with Crippen molar-refractivity contribution in [2.45, 2.75) is 0 Å². The van der Waals surface area contributed by atoms with Gasteiger partial charge in [0.25, 0.3) is 0 Å². The fraction of sp³-hybridized carbons (Fsp3) is 0. The standard InChI is InChI=1S/C14H7Cl2FN2/c15-8-5-6-11(12(17)7-8)13-9-3-1-2-4-10(9)14(16)19-18-13/h1-7H. The second kappa shape index (κ2) is 4.76. The van der Waals surface area contributed by atoms with E-state index in [2.05, 4.69) is 10.2 Å². The largest absolute Gasteiger partial charge is 0.206 e. The van der Waals surface area contributed by atoms with Crippen molar-refractivity contribution in [3.8, 4) is 11.3 Å². The Bertz CT molecular complexity index is 774. The van der Waals surface area contributed by atoms with Crippen LogP contribution in [0.4, 0.5) is 4.39 Å². The molecule has 2 nitrogen and oxygen atoms in total. The molecule has 0 amide bonds. The molecule has 0 unspecified atom stereocenters. The smallest absolute Gasteiger partial charge is 0.159 e. The first-order chi connectivity index (χ1) is 9.16. The zero-order chi connectivity index (χ0) is 13.4. The first-order valence-electron chi connectivity index (χ1n) is 5.53. The zero-order valence-electron chi connectivity index (χ0n) is 9.57. The summed E-state index contributed by atoms with van der Waals surface area (Å²) >= 11 is 11.7. The minimum absolute atomic E-state index is 0.300. The lowest BCUT2D eigenvalue weighted by Crippen LogP contribution is -1.93. The maximum absolute atomic E-state index is 14.0. The molecule has 0 aliphatic rings. The summed E-state index contributed by atoms with van der Waals surface area (Å²) in [5.74, 6) is -0.436. The van der Waals surface area contributed by atoms with Crippen molar-refractivity contribution in [1.29, 1.82) is 0 Å². The molecule has 3 aromatic rings. The SMILES string of the molecule is Fc1cc(Cl)ccc1-c1nnc(Cl)c2ccccc12. The lowest BCUT2D eigenvalue weighted by atomic mass is 10.0. The fourth-order valence-corrected chi connectivity index (χ4v) is 2.31. The molecule has 2 aromatic carbocycles. The Kier molecular flexibility index (Phi) is 3.09. The Morgan fingerprint density at radius 3 is 2.37 bits per heavy atom.